The number of hydrogen-bond donors (Lipinski definition) is 2. The molecule has 2 atom stereocenters. The van der Waals surface area contributed by atoms with Crippen LogP contribution in [0.25, 0.3) is 0 Å². The monoisotopic (exact) mass is 466 g/mol. The fraction of sp³-hybridized carbons (Fsp3) is 0.409. The van der Waals surface area contributed by atoms with Crippen molar-refractivity contribution in [3.05, 3.63) is 62.3 Å². The number of methoxy groups -OCH3 is 2. The van der Waals surface area contributed by atoms with Crippen molar-refractivity contribution in [1.82, 2.24) is 9.88 Å². The third-order valence-corrected chi connectivity index (χ3v) is 6.18. The number of carbonyl (C=O) groups is 2. The second kappa shape index (κ2) is 9.40. The molecule has 0 aliphatic carbocycles. The molecular formula is C22H24ClFN2O6. The molecule has 10 heteroatoms. The van der Waals surface area contributed by atoms with Crippen molar-refractivity contribution in [1.29, 1.82) is 0 Å². The van der Waals surface area contributed by atoms with Crippen LogP contribution >= 0.6 is 11.6 Å². The molecule has 1 aliphatic heterocycles. The summed E-state index contributed by atoms with van der Waals surface area (Å²) >= 11 is 5.74. The standard InChI is InChI=1S/C22H24ClFN2O6/c1-22(7-8-31-2)15(32-3)11-26-10-13(18(27)19(28)17(26)20(22)29)21(30)25-9-12-5-4-6-14(23)16(12)24/h4-6,10,15,28H,7-9,11H2,1-3H3,(H,25,30)/t15-,22?/m0/s1. The van der Waals surface area contributed by atoms with Gasteiger partial charge < -0.3 is 24.5 Å². The van der Waals surface area contributed by atoms with Crippen LogP contribution in [0.15, 0.2) is 29.2 Å². The summed E-state index contributed by atoms with van der Waals surface area (Å²) in [5.41, 5.74) is -2.44. The average molecular weight is 467 g/mol. The zero-order valence-corrected chi connectivity index (χ0v) is 18.7. The van der Waals surface area contributed by atoms with Gasteiger partial charge in [-0.15, -0.1) is 0 Å². The number of halogens is 2. The topological polar surface area (TPSA) is 107 Å². The van der Waals surface area contributed by atoms with Gasteiger partial charge in [0.1, 0.15) is 17.1 Å². The molecule has 0 fully saturated rings. The fourth-order valence-corrected chi connectivity index (χ4v) is 4.06. The summed E-state index contributed by atoms with van der Waals surface area (Å²) < 4.78 is 26.0. The quantitative estimate of drug-likeness (QED) is 0.649. The van der Waals surface area contributed by atoms with Crippen molar-refractivity contribution in [2.75, 3.05) is 20.8 Å². The van der Waals surface area contributed by atoms with Crippen LogP contribution in [0.2, 0.25) is 5.02 Å². The van der Waals surface area contributed by atoms with Gasteiger partial charge in [-0.05, 0) is 19.4 Å². The highest BCUT2D eigenvalue weighted by atomic mass is 35.5. The van der Waals surface area contributed by atoms with E-state index in [0.29, 0.717) is 6.42 Å². The van der Waals surface area contributed by atoms with Gasteiger partial charge in [0.15, 0.2) is 11.5 Å². The summed E-state index contributed by atoms with van der Waals surface area (Å²) in [4.78, 5) is 38.6. The zero-order valence-electron chi connectivity index (χ0n) is 17.9. The Hall–Kier alpha value is -2.75. The number of carbonyl (C=O) groups excluding carboxylic acids is 2. The van der Waals surface area contributed by atoms with Crippen LogP contribution < -0.4 is 10.7 Å². The lowest BCUT2D eigenvalue weighted by Crippen LogP contribution is -2.50. The molecule has 0 saturated carbocycles. The van der Waals surface area contributed by atoms with Crippen molar-refractivity contribution in [2.45, 2.75) is 32.5 Å². The molecule has 1 aromatic carbocycles. The molecule has 0 radical (unpaired) electrons. The lowest BCUT2D eigenvalue weighted by molar-refractivity contribution is -0.0262. The van der Waals surface area contributed by atoms with Gasteiger partial charge >= 0.3 is 0 Å². The Kier molecular flexibility index (Phi) is 7.02. The van der Waals surface area contributed by atoms with E-state index in [1.54, 1.807) is 6.92 Å². The average Bonchev–Trinajstić information content (AvgIpc) is 2.77. The minimum Gasteiger partial charge on any atom is -0.503 e. The number of nitrogens with zero attached hydrogens (tertiary/aromatic N) is 1. The molecule has 32 heavy (non-hydrogen) atoms. The van der Waals surface area contributed by atoms with Crippen molar-refractivity contribution in [3.8, 4) is 5.75 Å². The molecule has 2 N–H and O–H groups in total. The molecule has 1 amide bonds. The van der Waals surface area contributed by atoms with Gasteiger partial charge in [-0.2, -0.15) is 0 Å². The second-order valence-electron chi connectivity index (χ2n) is 7.83. The van der Waals surface area contributed by atoms with Crippen LogP contribution in [0.5, 0.6) is 5.75 Å². The number of aromatic nitrogens is 1. The smallest absolute Gasteiger partial charge is 0.257 e. The van der Waals surface area contributed by atoms with E-state index in [4.69, 9.17) is 21.1 Å². The van der Waals surface area contributed by atoms with E-state index >= 15 is 0 Å². The van der Waals surface area contributed by atoms with E-state index in [0.717, 1.165) is 0 Å². The lowest BCUT2D eigenvalue weighted by atomic mass is 9.73. The number of amides is 1. The summed E-state index contributed by atoms with van der Waals surface area (Å²) in [5.74, 6) is -2.79. The largest absolute Gasteiger partial charge is 0.503 e. The van der Waals surface area contributed by atoms with Crippen LogP contribution in [0.4, 0.5) is 4.39 Å². The second-order valence-corrected chi connectivity index (χ2v) is 8.24. The number of aromatic hydroxyl groups is 1. The number of nitrogens with one attached hydrogen (secondary N) is 1. The maximum absolute atomic E-state index is 14.1. The van der Waals surface area contributed by atoms with Gasteiger partial charge in [-0.3, -0.25) is 14.4 Å². The molecule has 1 unspecified atom stereocenters. The fourth-order valence-electron chi connectivity index (χ4n) is 3.87. The first-order valence-corrected chi connectivity index (χ1v) is 10.3. The minimum absolute atomic E-state index is 0.0936. The van der Waals surface area contributed by atoms with Gasteiger partial charge in [-0.25, -0.2) is 4.39 Å². The number of hydrogen-bond acceptors (Lipinski definition) is 6. The molecule has 0 spiro atoms. The maximum atomic E-state index is 14.1. The first kappa shape index (κ1) is 23.9. The van der Waals surface area contributed by atoms with Gasteiger partial charge in [0.2, 0.25) is 5.43 Å². The van der Waals surface area contributed by atoms with Crippen LogP contribution in [0.3, 0.4) is 0 Å². The molecule has 1 aromatic heterocycles. The lowest BCUT2D eigenvalue weighted by Gasteiger charge is -2.40. The number of pyridine rings is 1. The molecule has 2 aromatic rings. The number of Topliss-reactive ketones (excluding diaryl/α,β-unsaturated/α-hetero) is 1. The van der Waals surface area contributed by atoms with Gasteiger partial charge in [-0.1, -0.05) is 23.7 Å². The van der Waals surface area contributed by atoms with E-state index in [1.807, 2.05) is 0 Å². The van der Waals surface area contributed by atoms with Crippen molar-refractivity contribution in [2.24, 2.45) is 5.41 Å². The van der Waals surface area contributed by atoms with Crippen LogP contribution in [-0.4, -0.2) is 48.3 Å². The SMILES string of the molecule is COCCC1(C)C(=O)c2c(O)c(=O)c(C(=O)NCc3cccc(Cl)c3F)cn2C[C@@H]1OC. The summed E-state index contributed by atoms with van der Waals surface area (Å²) in [7, 11) is 2.97. The normalized spacial score (nSPS) is 20.2. The number of benzene rings is 1. The molecule has 2 heterocycles. The van der Waals surface area contributed by atoms with Crippen molar-refractivity contribution >= 4 is 23.3 Å². The van der Waals surface area contributed by atoms with Crippen molar-refractivity contribution in [3.63, 3.8) is 0 Å². The summed E-state index contributed by atoms with van der Waals surface area (Å²) in [6.07, 6.45) is 0.957. The molecule has 0 saturated heterocycles. The summed E-state index contributed by atoms with van der Waals surface area (Å²) in [6, 6.07) is 4.35. The molecule has 172 valence electrons. The van der Waals surface area contributed by atoms with Gasteiger partial charge in [0, 0.05) is 39.1 Å². The van der Waals surface area contributed by atoms with Crippen LogP contribution in [0.1, 0.15) is 39.8 Å². The Balaban J connectivity index is 1.94. The van der Waals surface area contributed by atoms with Gasteiger partial charge in [0.25, 0.3) is 5.91 Å². The molecule has 0 bridgehead atoms. The first-order chi connectivity index (χ1) is 15.2. The van der Waals surface area contributed by atoms with E-state index in [-0.39, 0.29) is 41.5 Å². The van der Waals surface area contributed by atoms with Crippen molar-refractivity contribution < 1.29 is 28.6 Å². The first-order valence-electron chi connectivity index (χ1n) is 9.89. The van der Waals surface area contributed by atoms with E-state index < -0.39 is 40.2 Å². The third-order valence-electron chi connectivity index (χ3n) is 5.89. The summed E-state index contributed by atoms with van der Waals surface area (Å²) in [5, 5.41) is 12.9. The Bertz CT molecular complexity index is 1120. The molecule has 1 aliphatic rings. The predicted octanol–water partition coefficient (Wildman–Crippen LogP) is 2.53. The molecule has 8 nitrogen and oxygen atoms in total. The predicted molar refractivity (Wildman–Crippen MR) is 115 cm³/mol. The highest BCUT2D eigenvalue weighted by Crippen LogP contribution is 2.39. The highest BCUT2D eigenvalue weighted by Gasteiger charge is 2.48. The van der Waals surface area contributed by atoms with E-state index in [1.165, 1.54) is 43.2 Å². The number of fused-ring (bicyclic) bond motifs is 1. The number of rotatable bonds is 7. The maximum Gasteiger partial charge on any atom is 0.257 e. The third kappa shape index (κ3) is 4.15. The number of ketones is 1. The molecule has 3 rings (SSSR count). The highest BCUT2D eigenvalue weighted by molar-refractivity contribution is 6.30. The Morgan fingerprint density at radius 1 is 1.38 bits per heavy atom. The summed E-state index contributed by atoms with van der Waals surface area (Å²) in [6.45, 7) is 1.89. The minimum atomic E-state index is -1.03. The molecular weight excluding hydrogens is 443 g/mol. The van der Waals surface area contributed by atoms with Crippen LogP contribution in [-0.2, 0) is 22.6 Å². The Morgan fingerprint density at radius 2 is 2.09 bits per heavy atom. The van der Waals surface area contributed by atoms with E-state index in [2.05, 4.69) is 5.32 Å². The van der Waals surface area contributed by atoms with E-state index in [9.17, 15) is 23.9 Å². The van der Waals surface area contributed by atoms with Gasteiger partial charge in [0.05, 0.1) is 23.1 Å². The zero-order chi connectivity index (χ0) is 23.6. The Morgan fingerprint density at radius 3 is 2.75 bits per heavy atom. The number of ether oxygens (including phenoxy) is 2. The Labute approximate surface area is 188 Å². The van der Waals surface area contributed by atoms with Crippen LogP contribution in [0, 0.1) is 11.2 Å².